The van der Waals surface area contributed by atoms with E-state index >= 15 is 0 Å². The molecule has 0 saturated carbocycles. The number of rotatable bonds is 4. The lowest BCUT2D eigenvalue weighted by Crippen LogP contribution is -2.44. The van der Waals surface area contributed by atoms with Crippen molar-refractivity contribution in [2.45, 2.75) is 19.9 Å². The molecule has 1 aromatic carbocycles. The Hall–Kier alpha value is -3.50. The van der Waals surface area contributed by atoms with Crippen LogP contribution in [0.1, 0.15) is 12.5 Å². The highest BCUT2D eigenvalue weighted by atomic mass is 32.1. The predicted octanol–water partition coefficient (Wildman–Crippen LogP) is 4.43. The van der Waals surface area contributed by atoms with Crippen LogP contribution in [0.4, 0.5) is 16.0 Å². The summed E-state index contributed by atoms with van der Waals surface area (Å²) < 4.78 is 23.3. The van der Waals surface area contributed by atoms with E-state index in [1.54, 1.807) is 24.4 Å². The van der Waals surface area contributed by atoms with Crippen LogP contribution in [0, 0.1) is 12.7 Å². The van der Waals surface area contributed by atoms with E-state index in [4.69, 9.17) is 22.1 Å². The number of H-pyrrole nitrogens is 1. The number of halogens is 1. The molecule has 33 heavy (non-hydrogen) atoms. The Labute approximate surface area is 194 Å². The van der Waals surface area contributed by atoms with Crippen LogP contribution in [0.15, 0.2) is 40.9 Å². The van der Waals surface area contributed by atoms with Gasteiger partial charge in [-0.05, 0) is 37.6 Å². The van der Waals surface area contributed by atoms with E-state index in [9.17, 15) is 9.50 Å². The Bertz CT molecular complexity index is 1340. The van der Waals surface area contributed by atoms with Crippen LogP contribution in [-0.4, -0.2) is 51.1 Å². The Kier molecular flexibility index (Phi) is 5.47. The summed E-state index contributed by atoms with van der Waals surface area (Å²) in [7, 11) is 0. The SMILES string of the molecule is Cc1c(N=S)nc(-c2ccn[nH]2)c2nc(N3CCOC[C@H]3C)c(O)c(-c3ccc(F)cc3)c12. The molecule has 0 aliphatic carbocycles. The molecule has 1 saturated heterocycles. The lowest BCUT2D eigenvalue weighted by Gasteiger charge is -2.35. The number of nitrogens with zero attached hydrogens (tertiary/aromatic N) is 5. The van der Waals surface area contributed by atoms with Crippen molar-refractivity contribution in [3.05, 3.63) is 47.9 Å². The Morgan fingerprint density at radius 1 is 1.24 bits per heavy atom. The normalized spacial score (nSPS) is 16.3. The van der Waals surface area contributed by atoms with Gasteiger partial charge < -0.3 is 14.7 Å². The summed E-state index contributed by atoms with van der Waals surface area (Å²) in [6.07, 6.45) is 1.62. The first-order chi connectivity index (χ1) is 16.0. The van der Waals surface area contributed by atoms with Crippen molar-refractivity contribution in [3.63, 3.8) is 0 Å². The highest BCUT2D eigenvalue weighted by Crippen LogP contribution is 2.46. The number of hydrogen-bond acceptors (Lipinski definition) is 8. The molecule has 2 N–H and O–H groups in total. The number of nitrogens with one attached hydrogen (secondary N) is 1. The molecule has 0 spiro atoms. The molecule has 168 valence electrons. The maximum atomic E-state index is 13.7. The third kappa shape index (κ3) is 3.61. The highest BCUT2D eigenvalue weighted by Gasteiger charge is 2.29. The van der Waals surface area contributed by atoms with Gasteiger partial charge in [0.05, 0.1) is 24.9 Å². The van der Waals surface area contributed by atoms with Gasteiger partial charge in [-0.3, -0.25) is 5.10 Å². The van der Waals surface area contributed by atoms with E-state index < -0.39 is 0 Å². The minimum atomic E-state index is -0.364. The number of aryl methyl sites for hydroxylation is 1. The number of anilines is 1. The molecule has 1 fully saturated rings. The standard InChI is InChI=1S/C23H21FN6O2S/c1-12-11-32-10-9-30(12)23-21(31)18(14-3-5-15(24)6-4-14)17-13(2)22(29-33)26-19(20(17)27-23)16-7-8-25-28-16/h3-8,12,31H,9-11H2,1-2H3,(H,25,28)/t12-/m1/s1. The fraction of sp³-hybridized carbons (Fsp3) is 0.261. The van der Waals surface area contributed by atoms with Crippen LogP contribution >= 0.6 is 0 Å². The topological polar surface area (TPSA) is 99.5 Å². The first-order valence-electron chi connectivity index (χ1n) is 10.5. The number of benzene rings is 1. The van der Waals surface area contributed by atoms with Gasteiger partial charge in [0, 0.05) is 41.7 Å². The number of ether oxygens (including phenoxy) is 1. The summed E-state index contributed by atoms with van der Waals surface area (Å²) in [6, 6.07) is 7.79. The van der Waals surface area contributed by atoms with Crippen LogP contribution in [0.25, 0.3) is 33.4 Å². The van der Waals surface area contributed by atoms with E-state index in [1.807, 2.05) is 18.7 Å². The van der Waals surface area contributed by atoms with E-state index in [0.29, 0.717) is 70.4 Å². The van der Waals surface area contributed by atoms with Crippen molar-refractivity contribution in [3.8, 4) is 28.3 Å². The van der Waals surface area contributed by atoms with E-state index in [2.05, 4.69) is 19.5 Å². The molecule has 8 nitrogen and oxygen atoms in total. The number of aromatic nitrogens is 4. The first-order valence-corrected chi connectivity index (χ1v) is 10.9. The zero-order valence-electron chi connectivity index (χ0n) is 18.0. The fourth-order valence-electron chi connectivity index (χ4n) is 4.26. The molecular formula is C23H21FN6O2S. The molecule has 0 unspecified atom stereocenters. The minimum absolute atomic E-state index is 0.00208. The van der Waals surface area contributed by atoms with Gasteiger partial charge in [0.25, 0.3) is 0 Å². The van der Waals surface area contributed by atoms with Gasteiger partial charge in [-0.2, -0.15) is 9.46 Å². The molecule has 4 aromatic rings. The molecule has 3 aromatic heterocycles. The summed E-state index contributed by atoms with van der Waals surface area (Å²) in [5.41, 5.74) is 3.56. The van der Waals surface area contributed by atoms with Crippen molar-refractivity contribution in [1.29, 1.82) is 0 Å². The minimum Gasteiger partial charge on any atom is -0.504 e. The Morgan fingerprint density at radius 3 is 2.70 bits per heavy atom. The van der Waals surface area contributed by atoms with E-state index in [1.165, 1.54) is 12.1 Å². The van der Waals surface area contributed by atoms with Crippen molar-refractivity contribution < 1.29 is 14.2 Å². The molecule has 4 heterocycles. The van der Waals surface area contributed by atoms with Crippen LogP contribution in [-0.2, 0) is 17.2 Å². The summed E-state index contributed by atoms with van der Waals surface area (Å²) in [5.74, 6) is 0.404. The monoisotopic (exact) mass is 464 g/mol. The number of fused-ring (bicyclic) bond motifs is 1. The summed E-state index contributed by atoms with van der Waals surface area (Å²) >= 11 is 4.99. The molecule has 0 amide bonds. The smallest absolute Gasteiger partial charge is 0.172 e. The molecule has 1 aliphatic heterocycles. The quantitative estimate of drug-likeness (QED) is 0.461. The second-order valence-electron chi connectivity index (χ2n) is 7.98. The summed E-state index contributed by atoms with van der Waals surface area (Å²) in [4.78, 5) is 11.6. The van der Waals surface area contributed by atoms with Crippen LogP contribution < -0.4 is 4.90 Å². The van der Waals surface area contributed by atoms with E-state index in [-0.39, 0.29) is 17.6 Å². The average molecular weight is 465 g/mol. The van der Waals surface area contributed by atoms with Crippen LogP contribution in [0.5, 0.6) is 5.75 Å². The molecule has 1 atom stereocenters. The molecular weight excluding hydrogens is 443 g/mol. The zero-order chi connectivity index (χ0) is 23.1. The number of pyridine rings is 2. The molecule has 0 bridgehead atoms. The summed E-state index contributed by atoms with van der Waals surface area (Å²) in [5, 5.41) is 19.2. The lowest BCUT2D eigenvalue weighted by atomic mass is 9.95. The van der Waals surface area contributed by atoms with Crippen molar-refractivity contribution in [1.82, 2.24) is 20.2 Å². The second-order valence-corrected chi connectivity index (χ2v) is 8.16. The number of morpholine rings is 1. The lowest BCUT2D eigenvalue weighted by molar-refractivity contribution is 0.0983. The fourth-order valence-corrected chi connectivity index (χ4v) is 4.44. The highest BCUT2D eigenvalue weighted by molar-refractivity contribution is 7.47. The first kappa shape index (κ1) is 21.4. The average Bonchev–Trinajstić information content (AvgIpc) is 3.35. The van der Waals surface area contributed by atoms with Gasteiger partial charge in [0.2, 0.25) is 0 Å². The third-order valence-electron chi connectivity index (χ3n) is 5.92. The van der Waals surface area contributed by atoms with Crippen LogP contribution in [0.3, 0.4) is 0 Å². The van der Waals surface area contributed by atoms with Crippen LogP contribution in [0.2, 0.25) is 0 Å². The van der Waals surface area contributed by atoms with Gasteiger partial charge in [-0.15, -0.1) is 0 Å². The predicted molar refractivity (Wildman–Crippen MR) is 126 cm³/mol. The van der Waals surface area contributed by atoms with Crippen molar-refractivity contribution in [2.24, 2.45) is 4.36 Å². The molecule has 0 radical (unpaired) electrons. The third-order valence-corrected chi connectivity index (χ3v) is 6.09. The van der Waals surface area contributed by atoms with Gasteiger partial charge in [0.1, 0.15) is 17.0 Å². The molecule has 10 heteroatoms. The maximum absolute atomic E-state index is 13.7. The number of aromatic amines is 1. The van der Waals surface area contributed by atoms with Gasteiger partial charge >= 0.3 is 0 Å². The van der Waals surface area contributed by atoms with Crippen molar-refractivity contribution in [2.75, 3.05) is 24.7 Å². The van der Waals surface area contributed by atoms with E-state index in [0.717, 1.165) is 0 Å². The van der Waals surface area contributed by atoms with Gasteiger partial charge in [-0.25, -0.2) is 14.4 Å². The number of aromatic hydroxyl groups is 1. The van der Waals surface area contributed by atoms with Crippen molar-refractivity contribution >= 4 is 35.0 Å². The number of hydrogen-bond donors (Lipinski definition) is 2. The Morgan fingerprint density at radius 2 is 2.03 bits per heavy atom. The zero-order valence-corrected chi connectivity index (χ0v) is 18.9. The second kappa shape index (κ2) is 8.45. The summed E-state index contributed by atoms with van der Waals surface area (Å²) in [6.45, 7) is 5.46. The Balaban J connectivity index is 1.92. The molecule has 5 rings (SSSR count). The van der Waals surface area contributed by atoms with Gasteiger partial charge in [-0.1, -0.05) is 12.1 Å². The molecule has 1 aliphatic rings. The maximum Gasteiger partial charge on any atom is 0.172 e. The van der Waals surface area contributed by atoms with Gasteiger partial charge in [0.15, 0.2) is 17.4 Å². The largest absolute Gasteiger partial charge is 0.504 e.